The van der Waals surface area contributed by atoms with Gasteiger partial charge in [-0.25, -0.2) is 0 Å². The molecule has 0 aliphatic rings. The molecule has 15 heavy (non-hydrogen) atoms. The van der Waals surface area contributed by atoms with Crippen molar-refractivity contribution in [2.24, 2.45) is 5.73 Å². The number of anilines is 1. The predicted octanol–water partition coefficient (Wildman–Crippen LogP) is 3.14. The highest BCUT2D eigenvalue weighted by Crippen LogP contribution is 2.37. The molecule has 0 aliphatic carbocycles. The van der Waals surface area contributed by atoms with Crippen molar-refractivity contribution in [3.63, 3.8) is 0 Å². The minimum absolute atomic E-state index is 0.0443. The van der Waals surface area contributed by atoms with E-state index in [9.17, 15) is 13.2 Å². The summed E-state index contributed by atoms with van der Waals surface area (Å²) in [6.07, 6.45) is -4.58. The monoisotopic (exact) mass is 258 g/mol. The second kappa shape index (κ2) is 4.08. The largest absolute Gasteiger partial charge is 0.407 e. The van der Waals surface area contributed by atoms with Gasteiger partial charge in [-0.05, 0) is 12.1 Å². The van der Waals surface area contributed by atoms with Gasteiger partial charge in [-0.2, -0.15) is 13.2 Å². The Balaban J connectivity index is 3.25. The third kappa shape index (κ3) is 2.68. The Morgan fingerprint density at radius 3 is 2.20 bits per heavy atom. The number of hydrogen-bond acceptors (Lipinski definition) is 2. The molecule has 0 unspecified atom stereocenters. The van der Waals surface area contributed by atoms with Gasteiger partial charge in [-0.15, -0.1) is 0 Å². The molecule has 0 aromatic heterocycles. The van der Waals surface area contributed by atoms with Gasteiger partial charge < -0.3 is 11.5 Å². The van der Waals surface area contributed by atoms with E-state index < -0.39 is 12.2 Å². The number of benzene rings is 1. The van der Waals surface area contributed by atoms with Gasteiger partial charge in [0.25, 0.3) is 0 Å². The number of halogens is 5. The second-order valence-electron chi connectivity index (χ2n) is 2.91. The van der Waals surface area contributed by atoms with Crippen molar-refractivity contribution < 1.29 is 13.2 Å². The van der Waals surface area contributed by atoms with Gasteiger partial charge in [-0.1, -0.05) is 23.2 Å². The number of rotatable bonds is 1. The van der Waals surface area contributed by atoms with Gasteiger partial charge >= 0.3 is 6.18 Å². The van der Waals surface area contributed by atoms with Crippen molar-refractivity contribution in [1.82, 2.24) is 0 Å². The average molecular weight is 259 g/mol. The van der Waals surface area contributed by atoms with Gasteiger partial charge in [0.1, 0.15) is 6.04 Å². The van der Waals surface area contributed by atoms with Crippen LogP contribution in [-0.4, -0.2) is 6.18 Å². The molecule has 0 aliphatic heterocycles. The average Bonchev–Trinajstić information content (AvgIpc) is 2.08. The Kier molecular flexibility index (Phi) is 3.38. The molecule has 1 atom stereocenters. The smallest absolute Gasteiger partial charge is 0.397 e. The molecule has 1 aromatic rings. The Labute approximate surface area is 93.9 Å². The van der Waals surface area contributed by atoms with Gasteiger partial charge in [0.2, 0.25) is 0 Å². The predicted molar refractivity (Wildman–Crippen MR) is 53.9 cm³/mol. The fraction of sp³-hybridized carbons (Fsp3) is 0.250. The zero-order valence-corrected chi connectivity index (χ0v) is 8.79. The summed E-state index contributed by atoms with van der Waals surface area (Å²) in [5.74, 6) is 0. The van der Waals surface area contributed by atoms with Crippen molar-refractivity contribution in [3.8, 4) is 0 Å². The molecular formula is C8H7Cl2F3N2. The molecule has 2 nitrogen and oxygen atoms in total. The number of nitrogen functional groups attached to an aromatic ring is 1. The summed E-state index contributed by atoms with van der Waals surface area (Å²) in [4.78, 5) is 0. The lowest BCUT2D eigenvalue weighted by Crippen LogP contribution is -2.29. The Morgan fingerprint density at radius 1 is 1.20 bits per heavy atom. The van der Waals surface area contributed by atoms with Gasteiger partial charge in [0.15, 0.2) is 0 Å². The summed E-state index contributed by atoms with van der Waals surface area (Å²) in [7, 11) is 0. The molecule has 0 radical (unpaired) electrons. The molecule has 0 saturated carbocycles. The molecule has 1 rings (SSSR count). The third-order valence-electron chi connectivity index (χ3n) is 1.81. The normalized spacial score (nSPS) is 14.0. The second-order valence-corrected chi connectivity index (χ2v) is 3.75. The van der Waals surface area contributed by atoms with Crippen molar-refractivity contribution in [1.29, 1.82) is 0 Å². The van der Waals surface area contributed by atoms with E-state index in [2.05, 4.69) is 0 Å². The van der Waals surface area contributed by atoms with Crippen LogP contribution in [0, 0.1) is 0 Å². The van der Waals surface area contributed by atoms with E-state index in [1.807, 2.05) is 0 Å². The lowest BCUT2D eigenvalue weighted by Gasteiger charge is -2.18. The van der Waals surface area contributed by atoms with E-state index in [0.717, 1.165) is 6.07 Å². The zero-order chi connectivity index (χ0) is 11.8. The Bertz CT molecular complexity index is 379. The molecule has 0 saturated heterocycles. The third-order valence-corrected chi connectivity index (χ3v) is 2.34. The Hall–Kier alpha value is -0.650. The molecule has 0 spiro atoms. The van der Waals surface area contributed by atoms with Crippen LogP contribution in [0.2, 0.25) is 10.0 Å². The first-order chi connectivity index (χ1) is 6.73. The number of alkyl halides is 3. The van der Waals surface area contributed by atoms with Crippen LogP contribution in [0.5, 0.6) is 0 Å². The van der Waals surface area contributed by atoms with Crippen LogP contribution in [-0.2, 0) is 0 Å². The van der Waals surface area contributed by atoms with E-state index in [1.54, 1.807) is 0 Å². The highest BCUT2D eigenvalue weighted by molar-refractivity contribution is 6.36. The summed E-state index contributed by atoms with van der Waals surface area (Å²) >= 11 is 11.1. The highest BCUT2D eigenvalue weighted by Gasteiger charge is 2.39. The molecule has 0 amide bonds. The van der Waals surface area contributed by atoms with E-state index in [1.165, 1.54) is 6.07 Å². The van der Waals surface area contributed by atoms with Crippen LogP contribution in [0.4, 0.5) is 18.9 Å². The fourth-order valence-electron chi connectivity index (χ4n) is 1.04. The topological polar surface area (TPSA) is 52.0 Å². The molecule has 4 N–H and O–H groups in total. The molecule has 1 aromatic carbocycles. The molecule has 7 heteroatoms. The summed E-state index contributed by atoms with van der Waals surface area (Å²) in [6.45, 7) is 0. The van der Waals surface area contributed by atoms with Crippen LogP contribution in [0.3, 0.4) is 0 Å². The van der Waals surface area contributed by atoms with Crippen molar-refractivity contribution >= 4 is 28.9 Å². The van der Waals surface area contributed by atoms with Crippen LogP contribution in [0.1, 0.15) is 11.6 Å². The van der Waals surface area contributed by atoms with Crippen molar-refractivity contribution in [2.75, 3.05) is 5.73 Å². The van der Waals surface area contributed by atoms with E-state index in [-0.39, 0.29) is 21.3 Å². The molecule has 0 fully saturated rings. The molecule has 0 bridgehead atoms. The molecule has 0 heterocycles. The maximum Gasteiger partial charge on any atom is 0.407 e. The van der Waals surface area contributed by atoms with E-state index in [0.29, 0.717) is 0 Å². The van der Waals surface area contributed by atoms with Crippen molar-refractivity contribution in [2.45, 2.75) is 12.2 Å². The fourth-order valence-corrected chi connectivity index (χ4v) is 1.55. The summed E-state index contributed by atoms with van der Waals surface area (Å²) in [5.41, 5.74) is 9.84. The van der Waals surface area contributed by atoms with E-state index >= 15 is 0 Å². The van der Waals surface area contributed by atoms with Crippen LogP contribution < -0.4 is 11.5 Å². The van der Waals surface area contributed by atoms with Crippen LogP contribution >= 0.6 is 23.2 Å². The quantitative estimate of drug-likeness (QED) is 0.761. The molecule has 84 valence electrons. The maximum absolute atomic E-state index is 12.3. The first kappa shape index (κ1) is 12.4. The first-order valence-electron chi connectivity index (χ1n) is 3.80. The van der Waals surface area contributed by atoms with Crippen LogP contribution in [0.25, 0.3) is 0 Å². The van der Waals surface area contributed by atoms with Gasteiger partial charge in [0, 0.05) is 10.6 Å². The lowest BCUT2D eigenvalue weighted by molar-refractivity contribution is -0.149. The van der Waals surface area contributed by atoms with Crippen molar-refractivity contribution in [3.05, 3.63) is 27.7 Å². The standard InChI is InChI=1S/C8H7Cl2F3N2/c9-3-1-4(6(14)5(10)2-3)7(15)8(11,12)13/h1-2,7H,14-15H2/t7-/m1/s1. The summed E-state index contributed by atoms with van der Waals surface area (Å²) < 4.78 is 36.9. The van der Waals surface area contributed by atoms with E-state index in [4.69, 9.17) is 34.7 Å². The van der Waals surface area contributed by atoms with Gasteiger partial charge in [0.05, 0.1) is 10.7 Å². The zero-order valence-electron chi connectivity index (χ0n) is 7.28. The minimum Gasteiger partial charge on any atom is -0.397 e. The number of nitrogens with two attached hydrogens (primary N) is 2. The number of hydrogen-bond donors (Lipinski definition) is 2. The lowest BCUT2D eigenvalue weighted by atomic mass is 10.1. The summed E-state index contributed by atoms with van der Waals surface area (Å²) in [6, 6.07) is 0.125. The molecular weight excluding hydrogens is 252 g/mol. The summed E-state index contributed by atoms with van der Waals surface area (Å²) in [5, 5.41) is 0.0149. The first-order valence-corrected chi connectivity index (χ1v) is 4.55. The highest BCUT2D eigenvalue weighted by atomic mass is 35.5. The maximum atomic E-state index is 12.3. The SMILES string of the molecule is Nc1c(Cl)cc(Cl)cc1[C@@H](N)C(F)(F)F. The minimum atomic E-state index is -4.58. The van der Waals surface area contributed by atoms with Gasteiger partial charge in [-0.3, -0.25) is 0 Å². The van der Waals surface area contributed by atoms with Crippen LogP contribution in [0.15, 0.2) is 12.1 Å². The Morgan fingerprint density at radius 2 is 1.73 bits per heavy atom.